The summed E-state index contributed by atoms with van der Waals surface area (Å²) in [5.74, 6) is -4.19. The van der Waals surface area contributed by atoms with Crippen molar-refractivity contribution in [1.29, 1.82) is 5.26 Å². The Labute approximate surface area is 339 Å². The van der Waals surface area contributed by atoms with Crippen molar-refractivity contribution in [2.24, 2.45) is 10.8 Å². The number of carbonyl (C=O) groups excluding carboxylic acids is 5. The molecule has 304 valence electrons. The van der Waals surface area contributed by atoms with E-state index in [2.05, 4.69) is 15.5 Å². The first-order valence-electron chi connectivity index (χ1n) is 19.1. The number of carbonyl (C=O) groups is 5. The van der Waals surface area contributed by atoms with Crippen molar-refractivity contribution < 1.29 is 42.2 Å². The minimum absolute atomic E-state index is 0.0375. The lowest BCUT2D eigenvalue weighted by Gasteiger charge is -2.63. The number of nitrogens with one attached hydrogen (secondary N) is 2. The van der Waals surface area contributed by atoms with Crippen molar-refractivity contribution in [1.82, 2.24) is 20.4 Å². The van der Waals surface area contributed by atoms with Gasteiger partial charge in [0, 0.05) is 67.8 Å². The number of imide groups is 2. The van der Waals surface area contributed by atoms with E-state index in [0.29, 0.717) is 68.5 Å². The predicted molar refractivity (Wildman–Crippen MR) is 208 cm³/mol. The van der Waals surface area contributed by atoms with Crippen molar-refractivity contribution in [3.63, 3.8) is 0 Å². The molecule has 2 N–H and O–H groups in total. The second-order valence-electron chi connectivity index (χ2n) is 16.3. The van der Waals surface area contributed by atoms with Crippen LogP contribution in [0.25, 0.3) is 0 Å². The number of piperidine rings is 1. The van der Waals surface area contributed by atoms with Gasteiger partial charge in [0.1, 0.15) is 46.9 Å². The van der Waals surface area contributed by atoms with Gasteiger partial charge in [-0.05, 0) is 55.3 Å². The quantitative estimate of drug-likeness (QED) is 0.197. The third-order valence-electron chi connectivity index (χ3n) is 11.7. The summed E-state index contributed by atoms with van der Waals surface area (Å²) in [6.07, 6.45) is 0.369. The highest BCUT2D eigenvalue weighted by Gasteiger charge is 2.64. The molecule has 7 rings (SSSR count). The molecule has 58 heavy (non-hydrogen) atoms. The minimum Gasteiger partial charge on any atom is -0.494 e. The van der Waals surface area contributed by atoms with Gasteiger partial charge in [0.25, 0.3) is 17.7 Å². The third kappa shape index (κ3) is 7.46. The summed E-state index contributed by atoms with van der Waals surface area (Å²) in [5, 5.41) is 14.5. The Bertz CT molecular complexity index is 2210. The maximum Gasteiger partial charge on any atom is 0.262 e. The molecule has 1 saturated carbocycles. The first-order chi connectivity index (χ1) is 27.5. The Balaban J connectivity index is 0.882. The second-order valence-corrected chi connectivity index (χ2v) is 16.7. The first kappa shape index (κ1) is 40.6. The number of anilines is 1. The molecule has 2 saturated heterocycles. The van der Waals surface area contributed by atoms with Gasteiger partial charge >= 0.3 is 0 Å². The number of ether oxygens (including phenoxy) is 2. The van der Waals surface area contributed by atoms with E-state index in [1.165, 1.54) is 24.3 Å². The highest BCUT2D eigenvalue weighted by atomic mass is 35.5. The van der Waals surface area contributed by atoms with Crippen LogP contribution in [0, 0.1) is 33.8 Å². The lowest BCUT2D eigenvalue weighted by molar-refractivity contribution is -0.164. The number of fused-ring (bicyclic) bond motifs is 1. The fourth-order valence-corrected chi connectivity index (χ4v) is 9.22. The summed E-state index contributed by atoms with van der Waals surface area (Å²) in [4.78, 5) is 68.3. The van der Waals surface area contributed by atoms with Crippen molar-refractivity contribution >= 4 is 46.8 Å². The topological polar surface area (TPSA) is 161 Å². The molecule has 13 nitrogen and oxygen atoms in total. The van der Waals surface area contributed by atoms with E-state index in [-0.39, 0.29) is 35.1 Å². The summed E-state index contributed by atoms with van der Waals surface area (Å²) in [6.45, 7) is 10.9. The number of nitriles is 1. The van der Waals surface area contributed by atoms with Gasteiger partial charge in [-0.3, -0.25) is 39.1 Å². The largest absolute Gasteiger partial charge is 0.494 e. The molecule has 1 unspecified atom stereocenters. The van der Waals surface area contributed by atoms with Crippen LogP contribution in [0.15, 0.2) is 48.5 Å². The van der Waals surface area contributed by atoms with Crippen molar-refractivity contribution in [2.75, 3.05) is 44.2 Å². The van der Waals surface area contributed by atoms with Gasteiger partial charge in [-0.15, -0.1) is 0 Å². The number of halogens is 3. The number of benzene rings is 3. The fraction of sp³-hybridized carbons (Fsp3) is 0.429. The van der Waals surface area contributed by atoms with Gasteiger partial charge < -0.3 is 19.7 Å². The van der Waals surface area contributed by atoms with Crippen LogP contribution in [0.5, 0.6) is 11.5 Å². The van der Waals surface area contributed by atoms with Crippen LogP contribution < -0.4 is 25.0 Å². The SMILES string of the molecule is CC1(C)C(NC(=O)c2c(F)cc(N3CCN(CCCOc4ccc5c(c4)C(=O)N(C4CCC(=O)NC4=O)C5=O)CC3)cc2F)C(C)(C)C1Oc1ccc(C#N)c(Cl)c1. The molecule has 4 aliphatic rings. The number of nitrogens with zero attached hydrogens (tertiary/aromatic N) is 4. The van der Waals surface area contributed by atoms with Gasteiger partial charge in [0.05, 0.1) is 28.3 Å². The van der Waals surface area contributed by atoms with Gasteiger partial charge in [-0.1, -0.05) is 39.3 Å². The van der Waals surface area contributed by atoms with Crippen LogP contribution in [0.1, 0.15) is 83.6 Å². The molecular formula is C42H43ClF2N6O7. The molecule has 0 spiro atoms. The molecule has 5 amide bonds. The Morgan fingerprint density at radius 1 is 0.931 bits per heavy atom. The van der Waals surface area contributed by atoms with Gasteiger partial charge in [0.2, 0.25) is 11.8 Å². The van der Waals surface area contributed by atoms with Crippen LogP contribution in [-0.4, -0.2) is 96.9 Å². The number of amides is 5. The lowest BCUT2D eigenvalue weighted by atomic mass is 9.49. The van der Waals surface area contributed by atoms with E-state index >= 15 is 8.78 Å². The van der Waals surface area contributed by atoms with E-state index in [0.717, 1.165) is 4.90 Å². The van der Waals surface area contributed by atoms with E-state index < -0.39 is 69.6 Å². The van der Waals surface area contributed by atoms with Crippen molar-refractivity contribution in [3.05, 3.63) is 87.4 Å². The molecule has 1 atom stereocenters. The van der Waals surface area contributed by atoms with Crippen molar-refractivity contribution in [3.8, 4) is 17.6 Å². The van der Waals surface area contributed by atoms with Gasteiger partial charge in [0.15, 0.2) is 0 Å². The maximum atomic E-state index is 15.5. The molecule has 3 heterocycles. The molecule has 3 aliphatic heterocycles. The lowest BCUT2D eigenvalue weighted by Crippen LogP contribution is -2.74. The molecule has 3 aromatic carbocycles. The Morgan fingerprint density at radius 3 is 2.22 bits per heavy atom. The standard InChI is InChI=1S/C42H43ClF2N6O7/c1-41(2)39(42(3,4)40(41)58-26-7-6-23(22-46)29(43)21-26)48-36(54)34-30(44)18-24(19-31(34)45)50-15-13-49(14-16-50)12-5-17-57-25-8-9-27-28(20-25)38(56)51(37(27)55)32-10-11-33(52)47-35(32)53/h6-9,18-21,32,39-40H,5,10-17H2,1-4H3,(H,48,54)(H,47,52,53). The molecule has 0 bridgehead atoms. The summed E-state index contributed by atoms with van der Waals surface area (Å²) < 4.78 is 43.2. The number of piperazine rings is 1. The smallest absolute Gasteiger partial charge is 0.262 e. The zero-order valence-corrected chi connectivity index (χ0v) is 33.3. The molecule has 1 aliphatic carbocycles. The zero-order chi connectivity index (χ0) is 41.7. The number of rotatable bonds is 11. The average molecular weight is 817 g/mol. The van der Waals surface area contributed by atoms with Crippen LogP contribution >= 0.6 is 11.6 Å². The summed E-state index contributed by atoms with van der Waals surface area (Å²) >= 11 is 6.19. The van der Waals surface area contributed by atoms with E-state index in [4.69, 9.17) is 21.1 Å². The maximum absolute atomic E-state index is 15.5. The van der Waals surface area contributed by atoms with E-state index in [1.54, 1.807) is 24.3 Å². The van der Waals surface area contributed by atoms with E-state index in [9.17, 15) is 29.2 Å². The Kier molecular flexibility index (Phi) is 10.9. The molecule has 3 fully saturated rings. The number of hydrogen-bond donors (Lipinski definition) is 2. The van der Waals surface area contributed by atoms with Crippen LogP contribution in [0.2, 0.25) is 5.02 Å². The summed E-state index contributed by atoms with van der Waals surface area (Å²) in [5.41, 5.74) is -0.910. The fourth-order valence-electron chi connectivity index (χ4n) is 9.01. The highest BCUT2D eigenvalue weighted by molar-refractivity contribution is 6.31. The molecular weight excluding hydrogens is 774 g/mol. The molecule has 0 aromatic heterocycles. The van der Waals surface area contributed by atoms with Crippen LogP contribution in [0.4, 0.5) is 14.5 Å². The van der Waals surface area contributed by atoms with E-state index in [1.807, 2.05) is 38.7 Å². The highest BCUT2D eigenvalue weighted by Crippen LogP contribution is 2.55. The third-order valence-corrected chi connectivity index (χ3v) is 12.0. The molecule has 3 aromatic rings. The number of hydrogen-bond acceptors (Lipinski definition) is 10. The Hall–Kier alpha value is -5.59. The normalized spacial score (nSPS) is 22.5. The zero-order valence-electron chi connectivity index (χ0n) is 32.5. The van der Waals surface area contributed by atoms with Crippen LogP contribution in [0.3, 0.4) is 0 Å². The van der Waals surface area contributed by atoms with Gasteiger partial charge in [-0.2, -0.15) is 5.26 Å². The molecule has 16 heteroatoms. The predicted octanol–water partition coefficient (Wildman–Crippen LogP) is 5.09. The van der Waals surface area contributed by atoms with Crippen molar-refractivity contribution in [2.45, 2.75) is 65.1 Å². The summed E-state index contributed by atoms with van der Waals surface area (Å²) in [6, 6.07) is 12.3. The monoisotopic (exact) mass is 816 g/mol. The summed E-state index contributed by atoms with van der Waals surface area (Å²) in [7, 11) is 0. The second kappa shape index (κ2) is 15.6. The van der Waals surface area contributed by atoms with Crippen LogP contribution in [-0.2, 0) is 9.59 Å². The minimum atomic E-state index is -1.04. The Morgan fingerprint density at radius 2 is 1.59 bits per heavy atom. The average Bonchev–Trinajstić information content (AvgIpc) is 3.42. The first-order valence-corrected chi connectivity index (χ1v) is 19.5. The van der Waals surface area contributed by atoms with Gasteiger partial charge in [-0.25, -0.2) is 8.78 Å². The molecule has 0 radical (unpaired) electrons.